The molecule has 0 bridgehead atoms. The highest BCUT2D eigenvalue weighted by Crippen LogP contribution is 2.34. The molecule has 4 rings (SSSR count). The molecule has 0 fully saturated rings. The minimum absolute atomic E-state index is 0.247. The molecule has 2 aromatic carbocycles. The fourth-order valence-electron chi connectivity index (χ4n) is 3.01. The van der Waals surface area contributed by atoms with Crippen molar-refractivity contribution in [2.45, 2.75) is 6.92 Å². The maximum Gasteiger partial charge on any atom is 0.212 e. The number of furan rings is 1. The molecule has 0 amide bonds. The van der Waals surface area contributed by atoms with Gasteiger partial charge < -0.3 is 4.42 Å². The van der Waals surface area contributed by atoms with Crippen LogP contribution in [0.15, 0.2) is 59.1 Å². The van der Waals surface area contributed by atoms with E-state index in [2.05, 4.69) is 10.6 Å². The Morgan fingerprint density at radius 3 is 2.68 bits per heavy atom. The van der Waals surface area contributed by atoms with Gasteiger partial charge in [0.25, 0.3) is 0 Å². The molecule has 2 heterocycles. The molecule has 108 valence electrons. The van der Waals surface area contributed by atoms with Gasteiger partial charge in [-0.05, 0) is 42.8 Å². The number of hydrogen-bond acceptors (Lipinski definition) is 1. The van der Waals surface area contributed by atoms with E-state index < -0.39 is 0 Å². The second-order valence-corrected chi connectivity index (χ2v) is 5.58. The summed E-state index contributed by atoms with van der Waals surface area (Å²) in [6, 6.07) is 15.0. The van der Waals surface area contributed by atoms with Crippen LogP contribution in [0, 0.1) is 12.7 Å². The van der Waals surface area contributed by atoms with Crippen molar-refractivity contribution in [1.82, 2.24) is 0 Å². The maximum atomic E-state index is 14.2. The van der Waals surface area contributed by atoms with Crippen LogP contribution < -0.4 is 4.57 Å². The van der Waals surface area contributed by atoms with Gasteiger partial charge in [0, 0.05) is 23.1 Å². The molecule has 22 heavy (non-hydrogen) atoms. The van der Waals surface area contributed by atoms with Crippen molar-refractivity contribution in [3.63, 3.8) is 0 Å². The number of fused-ring (bicyclic) bond motifs is 3. The van der Waals surface area contributed by atoms with Gasteiger partial charge in [0.05, 0.1) is 5.39 Å². The lowest BCUT2D eigenvalue weighted by atomic mass is 10.0. The Balaban J connectivity index is 2.11. The summed E-state index contributed by atoms with van der Waals surface area (Å²) in [4.78, 5) is 0. The first-order valence-electron chi connectivity index (χ1n) is 7.21. The van der Waals surface area contributed by atoms with Crippen LogP contribution in [0.3, 0.4) is 0 Å². The lowest BCUT2D eigenvalue weighted by Crippen LogP contribution is -2.30. The second-order valence-electron chi connectivity index (χ2n) is 5.58. The molecule has 0 aliphatic heterocycles. The molecule has 0 saturated heterocycles. The van der Waals surface area contributed by atoms with Gasteiger partial charge >= 0.3 is 0 Å². The smallest absolute Gasteiger partial charge is 0.212 e. The minimum atomic E-state index is -0.247. The third-order valence-corrected chi connectivity index (χ3v) is 4.12. The number of rotatable bonds is 1. The second kappa shape index (κ2) is 4.67. The van der Waals surface area contributed by atoms with Gasteiger partial charge in [0.1, 0.15) is 24.0 Å². The van der Waals surface area contributed by atoms with Crippen LogP contribution in [0.2, 0.25) is 0 Å². The van der Waals surface area contributed by atoms with Gasteiger partial charge in [-0.2, -0.15) is 0 Å². The van der Waals surface area contributed by atoms with E-state index >= 15 is 0 Å². The number of aryl methyl sites for hydroxylation is 2. The van der Waals surface area contributed by atoms with E-state index in [1.807, 2.05) is 44.4 Å². The Bertz CT molecular complexity index is 1020. The van der Waals surface area contributed by atoms with Crippen LogP contribution in [0.4, 0.5) is 4.39 Å². The Morgan fingerprint density at radius 2 is 1.86 bits per heavy atom. The van der Waals surface area contributed by atoms with Crippen LogP contribution in [-0.2, 0) is 7.05 Å². The van der Waals surface area contributed by atoms with E-state index in [0.717, 1.165) is 27.8 Å². The molecular weight excluding hydrogens is 277 g/mol. The number of pyridine rings is 1. The zero-order valence-corrected chi connectivity index (χ0v) is 12.4. The normalized spacial score (nSPS) is 11.4. The zero-order chi connectivity index (χ0) is 15.3. The summed E-state index contributed by atoms with van der Waals surface area (Å²) in [5, 5.41) is 1.37. The monoisotopic (exact) mass is 292 g/mol. The molecule has 0 N–H and O–H groups in total. The van der Waals surface area contributed by atoms with Crippen LogP contribution in [0.25, 0.3) is 33.2 Å². The number of halogens is 1. The minimum Gasteiger partial charge on any atom is -0.456 e. The van der Waals surface area contributed by atoms with Crippen LogP contribution in [-0.4, -0.2) is 0 Å². The molecule has 2 nitrogen and oxygen atoms in total. The molecule has 0 aliphatic rings. The van der Waals surface area contributed by atoms with Crippen molar-refractivity contribution in [3.05, 3.63) is 66.1 Å². The first-order valence-corrected chi connectivity index (χ1v) is 7.21. The number of aromatic nitrogens is 1. The molecule has 0 aliphatic carbocycles. The Hall–Kier alpha value is -2.68. The molecule has 3 heteroatoms. The average molecular weight is 292 g/mol. The van der Waals surface area contributed by atoms with Gasteiger partial charge in [-0.15, -0.1) is 0 Å². The van der Waals surface area contributed by atoms with Crippen molar-refractivity contribution in [2.75, 3.05) is 0 Å². The summed E-state index contributed by atoms with van der Waals surface area (Å²) < 4.78 is 22.0. The van der Waals surface area contributed by atoms with Gasteiger partial charge in [0.15, 0.2) is 6.20 Å². The highest BCUT2D eigenvalue weighted by molar-refractivity contribution is 6.06. The van der Waals surface area contributed by atoms with Crippen molar-refractivity contribution >= 4 is 21.9 Å². The predicted molar refractivity (Wildman–Crippen MR) is 85.0 cm³/mol. The van der Waals surface area contributed by atoms with Gasteiger partial charge in [0.2, 0.25) is 5.69 Å². The molecule has 0 saturated carbocycles. The van der Waals surface area contributed by atoms with E-state index in [1.165, 1.54) is 6.07 Å². The molecule has 0 atom stereocenters. The summed E-state index contributed by atoms with van der Waals surface area (Å²) >= 11 is 0. The Kier molecular flexibility index (Phi) is 2.76. The van der Waals surface area contributed by atoms with E-state index in [9.17, 15) is 4.39 Å². The fraction of sp³-hybridized carbons (Fsp3) is 0.105. The van der Waals surface area contributed by atoms with Crippen molar-refractivity contribution in [3.8, 4) is 11.3 Å². The summed E-state index contributed by atoms with van der Waals surface area (Å²) in [5.74, 6) is -0.247. The zero-order valence-electron chi connectivity index (χ0n) is 12.4. The highest BCUT2D eigenvalue weighted by Gasteiger charge is 2.17. The van der Waals surface area contributed by atoms with E-state index in [4.69, 9.17) is 4.42 Å². The summed E-state index contributed by atoms with van der Waals surface area (Å²) in [5.41, 5.74) is 4.59. The summed E-state index contributed by atoms with van der Waals surface area (Å²) in [7, 11) is 2.01. The van der Waals surface area contributed by atoms with Crippen LogP contribution in [0.1, 0.15) is 5.56 Å². The van der Waals surface area contributed by atoms with Crippen molar-refractivity contribution in [2.24, 2.45) is 7.05 Å². The Morgan fingerprint density at radius 1 is 1.00 bits per heavy atom. The fourth-order valence-corrected chi connectivity index (χ4v) is 3.01. The van der Waals surface area contributed by atoms with Crippen LogP contribution in [0.5, 0.6) is 0 Å². The van der Waals surface area contributed by atoms with E-state index in [1.54, 1.807) is 12.1 Å². The Labute approximate surface area is 127 Å². The van der Waals surface area contributed by atoms with E-state index in [-0.39, 0.29) is 5.82 Å². The molecular formula is C19H15FNO+. The number of benzene rings is 2. The molecule has 0 spiro atoms. The maximum absolute atomic E-state index is 14.2. The summed E-state index contributed by atoms with van der Waals surface area (Å²) in [6.07, 6.45) is 2.01. The highest BCUT2D eigenvalue weighted by atomic mass is 19.1. The lowest BCUT2D eigenvalue weighted by molar-refractivity contribution is -0.660. The average Bonchev–Trinajstić information content (AvgIpc) is 2.85. The third kappa shape index (κ3) is 1.82. The number of hydrogen-bond donors (Lipinski definition) is 0. The standard InChI is InChI=1S/C19H15FNO/c1-12-10-18-14(19-15(20)6-5-8-17(19)22-18)11-13(12)16-7-3-4-9-21(16)2/h3-11H,1-2H3/q+1. The van der Waals surface area contributed by atoms with E-state index in [0.29, 0.717) is 11.0 Å². The van der Waals surface area contributed by atoms with Gasteiger partial charge in [-0.25, -0.2) is 8.96 Å². The first kappa shape index (κ1) is 13.0. The SMILES string of the molecule is Cc1cc2oc3cccc(F)c3c2cc1-c1cccc[n+]1C. The van der Waals surface area contributed by atoms with Gasteiger partial charge in [-0.1, -0.05) is 6.07 Å². The van der Waals surface area contributed by atoms with Crippen LogP contribution >= 0.6 is 0 Å². The topological polar surface area (TPSA) is 17.0 Å². The van der Waals surface area contributed by atoms with Crippen molar-refractivity contribution in [1.29, 1.82) is 0 Å². The molecule has 0 radical (unpaired) electrons. The third-order valence-electron chi connectivity index (χ3n) is 4.12. The molecule has 2 aromatic heterocycles. The number of nitrogens with zero attached hydrogens (tertiary/aromatic N) is 1. The van der Waals surface area contributed by atoms with Gasteiger partial charge in [-0.3, -0.25) is 0 Å². The predicted octanol–water partition coefficient (Wildman–Crippen LogP) is 4.53. The lowest BCUT2D eigenvalue weighted by Gasteiger charge is -2.04. The van der Waals surface area contributed by atoms with Crippen molar-refractivity contribution < 1.29 is 13.4 Å². The molecule has 0 unspecified atom stereocenters. The summed E-state index contributed by atoms with van der Waals surface area (Å²) in [6.45, 7) is 2.05. The first-order chi connectivity index (χ1) is 10.6. The quantitative estimate of drug-likeness (QED) is 0.471. The largest absolute Gasteiger partial charge is 0.456 e. The molecule has 4 aromatic rings.